The van der Waals surface area contributed by atoms with E-state index in [4.69, 9.17) is 9.63 Å². The van der Waals surface area contributed by atoms with Gasteiger partial charge in [0.05, 0.1) is 20.1 Å². The molecule has 1 aliphatic rings. The van der Waals surface area contributed by atoms with Gasteiger partial charge in [0, 0.05) is 12.6 Å². The van der Waals surface area contributed by atoms with Crippen LogP contribution in [0.5, 0.6) is 0 Å². The monoisotopic (exact) mass is 452 g/mol. The standard InChI is InChI=1S/C14H20N3O11P.CH4/c1-26-10(19)3-2-9(18)15-8-4-5-17(14(22)16-8)13-12(21)11(20)7(28-13)6-27-29(23,24)25;/h4-5,7,11-13,20-21H,2-3,6H2,1H3,(H2,23,24,25)(H,15,16,18,22);1H4/p-1/t7-,11+,12?,13-;/m1./s1. The zero-order valence-corrected chi connectivity index (χ0v) is 15.9. The summed E-state index contributed by atoms with van der Waals surface area (Å²) in [5, 5.41) is 22.3. The predicted molar refractivity (Wildman–Crippen MR) is 96.8 cm³/mol. The van der Waals surface area contributed by atoms with Crippen LogP contribution in [-0.4, -0.2) is 68.6 Å². The molecule has 5 atom stereocenters. The van der Waals surface area contributed by atoms with Crippen LogP contribution in [0.25, 0.3) is 0 Å². The van der Waals surface area contributed by atoms with Crippen molar-refractivity contribution in [2.45, 2.75) is 44.8 Å². The molecular weight excluding hydrogens is 429 g/mol. The fourth-order valence-electron chi connectivity index (χ4n) is 2.46. The Morgan fingerprint density at radius 3 is 2.60 bits per heavy atom. The lowest BCUT2D eigenvalue weighted by molar-refractivity contribution is -0.223. The molecule has 170 valence electrons. The van der Waals surface area contributed by atoms with Gasteiger partial charge < -0.3 is 39.3 Å². The number of nitrogens with zero attached hydrogens (tertiary/aromatic N) is 2. The van der Waals surface area contributed by atoms with E-state index in [9.17, 15) is 34.1 Å². The molecule has 1 amide bonds. The highest BCUT2D eigenvalue weighted by Gasteiger charge is 2.44. The summed E-state index contributed by atoms with van der Waals surface area (Å²) in [6.45, 7) is -0.789. The molecule has 2 rings (SSSR count). The molecule has 0 aliphatic carbocycles. The molecule has 4 N–H and O–H groups in total. The summed E-state index contributed by atoms with van der Waals surface area (Å²) in [5.41, 5.74) is -0.953. The fraction of sp³-hybridized carbons (Fsp3) is 0.600. The second-order valence-corrected chi connectivity index (χ2v) is 7.13. The second kappa shape index (κ2) is 10.7. The smallest absolute Gasteiger partial charge is 0.351 e. The van der Waals surface area contributed by atoms with Crippen LogP contribution in [0, 0.1) is 0 Å². The van der Waals surface area contributed by atoms with Crippen LogP contribution in [0.15, 0.2) is 17.1 Å². The van der Waals surface area contributed by atoms with E-state index in [0.717, 1.165) is 10.8 Å². The maximum absolute atomic E-state index is 12.2. The Labute approximate surface area is 170 Å². The average Bonchev–Trinajstić information content (AvgIpc) is 2.92. The lowest BCUT2D eigenvalue weighted by Gasteiger charge is -2.20. The first-order valence-electron chi connectivity index (χ1n) is 8.17. The Bertz CT molecular complexity index is 854. The van der Waals surface area contributed by atoms with E-state index in [2.05, 4.69) is 19.6 Å². The van der Waals surface area contributed by atoms with Crippen LogP contribution < -0.4 is 15.9 Å². The molecule has 0 bridgehead atoms. The van der Waals surface area contributed by atoms with Gasteiger partial charge in [0.2, 0.25) is 5.91 Å². The SMILES string of the molecule is C.COC(=O)CCC(=O)Nc1ccn([C@@H]2O[C@H](COP(=O)([O-])O)[C@H](O)C2O)c(=O)n1. The Morgan fingerprint density at radius 1 is 1.37 bits per heavy atom. The third-order valence-corrected chi connectivity index (χ3v) is 4.37. The summed E-state index contributed by atoms with van der Waals surface area (Å²) >= 11 is 0. The molecule has 0 spiro atoms. The van der Waals surface area contributed by atoms with Gasteiger partial charge in [0.25, 0.3) is 7.82 Å². The van der Waals surface area contributed by atoms with Crippen LogP contribution in [0.3, 0.4) is 0 Å². The first-order chi connectivity index (χ1) is 13.5. The molecule has 0 saturated carbocycles. The summed E-state index contributed by atoms with van der Waals surface area (Å²) in [4.78, 5) is 57.8. The Kier molecular flexibility index (Phi) is 9.24. The third kappa shape index (κ3) is 6.95. The number of hydrogen-bond donors (Lipinski definition) is 4. The molecule has 2 unspecified atom stereocenters. The first-order valence-corrected chi connectivity index (χ1v) is 9.67. The van der Waals surface area contributed by atoms with E-state index in [1.54, 1.807) is 0 Å². The maximum Gasteiger partial charge on any atom is 0.351 e. The normalized spacial score (nSPS) is 25.1. The van der Waals surface area contributed by atoms with Crippen molar-refractivity contribution in [2.75, 3.05) is 19.0 Å². The Balaban J connectivity index is 0.00000450. The number of esters is 1. The summed E-state index contributed by atoms with van der Waals surface area (Å²) in [7, 11) is -3.89. The fourth-order valence-corrected chi connectivity index (χ4v) is 2.80. The van der Waals surface area contributed by atoms with Crippen LogP contribution >= 0.6 is 7.82 Å². The van der Waals surface area contributed by atoms with Crippen molar-refractivity contribution >= 4 is 25.5 Å². The predicted octanol–water partition coefficient (Wildman–Crippen LogP) is -2.13. The molecule has 1 fully saturated rings. The number of anilines is 1. The molecular formula is C15H23N3O11P-. The van der Waals surface area contributed by atoms with E-state index in [0.29, 0.717) is 0 Å². The number of aliphatic hydroxyl groups is 2. The van der Waals surface area contributed by atoms with Crippen molar-refractivity contribution in [3.63, 3.8) is 0 Å². The highest BCUT2D eigenvalue weighted by Crippen LogP contribution is 2.34. The number of amides is 1. The number of nitrogens with one attached hydrogen (secondary N) is 1. The molecule has 0 aromatic carbocycles. The molecule has 1 aromatic heterocycles. The quantitative estimate of drug-likeness (QED) is 0.246. The van der Waals surface area contributed by atoms with Crippen LogP contribution in [-0.2, 0) is 28.2 Å². The number of hydrogen-bond acceptors (Lipinski definition) is 11. The number of ether oxygens (including phenoxy) is 2. The van der Waals surface area contributed by atoms with Gasteiger partial charge in [-0.25, -0.2) is 4.79 Å². The molecule has 1 aliphatic heterocycles. The lowest BCUT2D eigenvalue weighted by atomic mass is 10.1. The molecule has 14 nitrogen and oxygen atoms in total. The molecule has 15 heteroatoms. The summed E-state index contributed by atoms with van der Waals surface area (Å²) in [5.74, 6) is -1.29. The number of carbonyl (C=O) groups is 2. The van der Waals surface area contributed by atoms with Gasteiger partial charge in [0.1, 0.15) is 24.1 Å². The third-order valence-electron chi connectivity index (χ3n) is 3.89. The van der Waals surface area contributed by atoms with E-state index in [-0.39, 0.29) is 26.1 Å². The maximum atomic E-state index is 12.2. The van der Waals surface area contributed by atoms with Crippen molar-refractivity contribution in [3.8, 4) is 0 Å². The molecule has 1 saturated heterocycles. The van der Waals surface area contributed by atoms with Crippen molar-refractivity contribution in [1.82, 2.24) is 9.55 Å². The van der Waals surface area contributed by atoms with Crippen molar-refractivity contribution in [2.24, 2.45) is 0 Å². The van der Waals surface area contributed by atoms with Gasteiger partial charge in [-0.2, -0.15) is 4.98 Å². The minimum absolute atomic E-state index is 0. The number of phosphoric acid groups is 1. The Hall–Kier alpha value is -2.19. The summed E-state index contributed by atoms with van der Waals surface area (Å²) in [6, 6.07) is 1.21. The molecule has 1 aromatic rings. The van der Waals surface area contributed by atoms with E-state index < -0.39 is 56.5 Å². The Morgan fingerprint density at radius 2 is 2.03 bits per heavy atom. The minimum atomic E-state index is -5.07. The van der Waals surface area contributed by atoms with Crippen molar-refractivity contribution < 1.29 is 48.2 Å². The van der Waals surface area contributed by atoms with Crippen LogP contribution in [0.4, 0.5) is 5.82 Å². The van der Waals surface area contributed by atoms with Crippen molar-refractivity contribution in [1.29, 1.82) is 0 Å². The zero-order valence-electron chi connectivity index (χ0n) is 15.0. The summed E-state index contributed by atoms with van der Waals surface area (Å²) < 4.78 is 25.2. The van der Waals surface area contributed by atoms with Gasteiger partial charge in [-0.05, 0) is 6.07 Å². The lowest BCUT2D eigenvalue weighted by Crippen LogP contribution is -2.36. The van der Waals surface area contributed by atoms with E-state index in [1.165, 1.54) is 13.2 Å². The number of aromatic nitrogens is 2. The number of aliphatic hydroxyl groups excluding tert-OH is 2. The van der Waals surface area contributed by atoms with E-state index >= 15 is 0 Å². The van der Waals surface area contributed by atoms with Crippen molar-refractivity contribution in [3.05, 3.63) is 22.7 Å². The van der Waals surface area contributed by atoms with Gasteiger partial charge in [-0.15, -0.1) is 0 Å². The number of rotatable bonds is 8. The second-order valence-electron chi connectivity index (χ2n) is 5.94. The molecule has 30 heavy (non-hydrogen) atoms. The number of methoxy groups -OCH3 is 1. The topological polar surface area (TPSA) is 210 Å². The van der Waals surface area contributed by atoms with Gasteiger partial charge in [0.15, 0.2) is 6.23 Å². The number of phosphoric ester groups is 1. The van der Waals surface area contributed by atoms with Crippen LogP contribution in [0.1, 0.15) is 26.5 Å². The first kappa shape index (κ1) is 25.8. The molecule has 0 radical (unpaired) electrons. The van der Waals surface area contributed by atoms with Gasteiger partial charge >= 0.3 is 11.7 Å². The minimum Gasteiger partial charge on any atom is -0.756 e. The largest absolute Gasteiger partial charge is 0.756 e. The average molecular weight is 452 g/mol. The van der Waals surface area contributed by atoms with Gasteiger partial charge in [-0.3, -0.25) is 18.7 Å². The zero-order chi connectivity index (χ0) is 21.8. The highest BCUT2D eigenvalue weighted by molar-refractivity contribution is 7.44. The summed E-state index contributed by atoms with van der Waals surface area (Å²) in [6.07, 6.45) is -5.25. The van der Waals surface area contributed by atoms with Gasteiger partial charge in [-0.1, -0.05) is 7.43 Å². The van der Waals surface area contributed by atoms with Crippen LogP contribution in [0.2, 0.25) is 0 Å². The van der Waals surface area contributed by atoms with E-state index in [1.807, 2.05) is 0 Å². The molecule has 2 heterocycles. The highest BCUT2D eigenvalue weighted by atomic mass is 31.2. The number of carbonyl (C=O) groups excluding carboxylic acids is 2.